The van der Waals surface area contributed by atoms with Crippen LogP contribution in [0.5, 0.6) is 0 Å². The molecule has 0 amide bonds. The zero-order chi connectivity index (χ0) is 17.5. The molecule has 134 valence electrons. The molecule has 0 saturated carbocycles. The minimum absolute atomic E-state index is 0. The van der Waals surface area contributed by atoms with Crippen molar-refractivity contribution in [2.24, 2.45) is 4.99 Å². The lowest BCUT2D eigenvalue weighted by atomic mass is 10.1. The fourth-order valence-corrected chi connectivity index (χ4v) is 2.03. The number of aliphatic imine (C=N–C) groups is 1. The lowest BCUT2D eigenvalue weighted by molar-refractivity contribution is 0.463. The maximum Gasteiger partial charge on any atom is 0.214 e. The van der Waals surface area contributed by atoms with Gasteiger partial charge >= 0.3 is 0 Å². The van der Waals surface area contributed by atoms with Crippen LogP contribution in [0.4, 0.5) is 4.39 Å². The van der Waals surface area contributed by atoms with E-state index in [2.05, 4.69) is 20.6 Å². The smallest absolute Gasteiger partial charge is 0.214 e. The summed E-state index contributed by atoms with van der Waals surface area (Å²) in [5, 5.41) is 14.9. The highest BCUT2D eigenvalue weighted by Gasteiger charge is 2.07. The molecule has 25 heavy (non-hydrogen) atoms. The first-order valence-corrected chi connectivity index (χ1v) is 7.67. The Bertz CT molecular complexity index is 762. The fourth-order valence-electron chi connectivity index (χ4n) is 2.03. The van der Waals surface area contributed by atoms with Crippen LogP contribution in [0, 0.1) is 31.0 Å². The summed E-state index contributed by atoms with van der Waals surface area (Å²) in [6.07, 6.45) is 0. The van der Waals surface area contributed by atoms with Gasteiger partial charge in [0.15, 0.2) is 5.96 Å². The predicted molar refractivity (Wildman–Crippen MR) is 104 cm³/mol. The van der Waals surface area contributed by atoms with Crippen molar-refractivity contribution in [1.29, 1.82) is 5.26 Å². The first-order chi connectivity index (χ1) is 11.5. The van der Waals surface area contributed by atoms with Crippen molar-refractivity contribution in [3.05, 3.63) is 52.5 Å². The van der Waals surface area contributed by atoms with Crippen LogP contribution in [0.2, 0.25) is 0 Å². The van der Waals surface area contributed by atoms with Gasteiger partial charge in [-0.05, 0) is 32.9 Å². The van der Waals surface area contributed by atoms with Gasteiger partial charge in [0, 0.05) is 12.1 Å². The Hall–Kier alpha value is -2.15. The summed E-state index contributed by atoms with van der Waals surface area (Å²) < 4.78 is 19.4. The summed E-state index contributed by atoms with van der Waals surface area (Å²) in [4.78, 5) is 8.64. The summed E-state index contributed by atoms with van der Waals surface area (Å²) in [6, 6.07) is 6.27. The Morgan fingerprint density at radius 2 is 2.12 bits per heavy atom. The van der Waals surface area contributed by atoms with Crippen LogP contribution >= 0.6 is 24.0 Å². The van der Waals surface area contributed by atoms with Gasteiger partial charge in [0.2, 0.25) is 5.89 Å². The minimum Gasteiger partial charge on any atom is -0.444 e. The summed E-state index contributed by atoms with van der Waals surface area (Å²) >= 11 is 0. The van der Waals surface area contributed by atoms with Gasteiger partial charge in [-0.3, -0.25) is 0 Å². The molecule has 0 unspecified atom stereocenters. The van der Waals surface area contributed by atoms with Crippen LogP contribution in [0.15, 0.2) is 27.6 Å². The average Bonchev–Trinajstić information content (AvgIpc) is 2.89. The molecule has 0 aliphatic rings. The lowest BCUT2D eigenvalue weighted by Gasteiger charge is -2.10. The molecule has 0 saturated heterocycles. The number of hydrogen-bond acceptors (Lipinski definition) is 4. The first-order valence-electron chi connectivity index (χ1n) is 7.67. The first kappa shape index (κ1) is 20.9. The SMILES string of the molecule is CCNC(=NCc1ccc(C#N)cc1F)NCc1nc(C)c(C)o1.I. The third kappa shape index (κ3) is 6.01. The number of halogens is 2. The molecule has 2 aromatic rings. The number of hydrogen-bond donors (Lipinski definition) is 2. The highest BCUT2D eigenvalue weighted by Crippen LogP contribution is 2.11. The van der Waals surface area contributed by atoms with E-state index in [1.807, 2.05) is 26.8 Å². The number of nitrogens with one attached hydrogen (secondary N) is 2. The summed E-state index contributed by atoms with van der Waals surface area (Å²) in [5.74, 6) is 1.45. The summed E-state index contributed by atoms with van der Waals surface area (Å²) in [6.45, 7) is 6.91. The number of aryl methyl sites for hydroxylation is 2. The van der Waals surface area contributed by atoms with E-state index in [9.17, 15) is 4.39 Å². The van der Waals surface area contributed by atoms with Crippen molar-refractivity contribution in [1.82, 2.24) is 15.6 Å². The third-order valence-corrected chi connectivity index (χ3v) is 3.41. The van der Waals surface area contributed by atoms with Gasteiger partial charge in [0.05, 0.1) is 30.4 Å². The fraction of sp³-hybridized carbons (Fsp3) is 0.353. The molecule has 0 bridgehead atoms. The number of aromatic nitrogens is 1. The van der Waals surface area contributed by atoms with Gasteiger partial charge in [0.1, 0.15) is 11.6 Å². The number of guanidine groups is 1. The number of rotatable bonds is 5. The second kappa shape index (κ2) is 9.98. The van der Waals surface area contributed by atoms with Gasteiger partial charge < -0.3 is 15.1 Å². The highest BCUT2D eigenvalue weighted by molar-refractivity contribution is 14.0. The van der Waals surface area contributed by atoms with Crippen LogP contribution in [-0.4, -0.2) is 17.5 Å². The monoisotopic (exact) mass is 457 g/mol. The molecular formula is C17H21FIN5O. The molecule has 0 radical (unpaired) electrons. The molecule has 1 aromatic heterocycles. The van der Waals surface area contributed by atoms with Crippen LogP contribution in [0.3, 0.4) is 0 Å². The van der Waals surface area contributed by atoms with Gasteiger partial charge in [-0.2, -0.15) is 5.26 Å². The van der Waals surface area contributed by atoms with E-state index in [0.717, 1.165) is 11.5 Å². The van der Waals surface area contributed by atoms with E-state index in [1.54, 1.807) is 12.1 Å². The molecule has 1 heterocycles. The molecule has 8 heteroatoms. The highest BCUT2D eigenvalue weighted by atomic mass is 127. The zero-order valence-corrected chi connectivity index (χ0v) is 16.7. The summed E-state index contributed by atoms with van der Waals surface area (Å²) in [5.41, 5.74) is 1.57. The van der Waals surface area contributed by atoms with Gasteiger partial charge in [0.25, 0.3) is 0 Å². The molecule has 0 atom stereocenters. The maximum atomic E-state index is 13.9. The second-order valence-electron chi connectivity index (χ2n) is 5.22. The van der Waals surface area contributed by atoms with Crippen molar-refractivity contribution in [2.45, 2.75) is 33.9 Å². The largest absolute Gasteiger partial charge is 0.444 e. The third-order valence-electron chi connectivity index (χ3n) is 3.41. The molecule has 1 aromatic carbocycles. The van der Waals surface area contributed by atoms with Crippen molar-refractivity contribution in [3.8, 4) is 6.07 Å². The Labute approximate surface area is 163 Å². The lowest BCUT2D eigenvalue weighted by Crippen LogP contribution is -2.36. The van der Waals surface area contributed by atoms with E-state index < -0.39 is 5.82 Å². The van der Waals surface area contributed by atoms with Gasteiger partial charge in [-0.15, -0.1) is 24.0 Å². The topological polar surface area (TPSA) is 86.2 Å². The van der Waals surface area contributed by atoms with Crippen LogP contribution in [-0.2, 0) is 13.1 Å². The standard InChI is InChI=1S/C17H20FN5O.HI/c1-4-20-17(22-10-16-23-11(2)12(3)24-16)21-9-14-6-5-13(8-19)7-15(14)18;/h5-7H,4,9-10H2,1-3H3,(H2,20,21,22);1H. The molecule has 2 N–H and O–H groups in total. The quantitative estimate of drug-likeness (QED) is 0.409. The molecule has 6 nitrogen and oxygen atoms in total. The van der Waals surface area contributed by atoms with E-state index >= 15 is 0 Å². The molecule has 0 aliphatic carbocycles. The van der Waals surface area contributed by atoms with Gasteiger partial charge in [-0.1, -0.05) is 6.07 Å². The van der Waals surface area contributed by atoms with Crippen molar-refractivity contribution in [2.75, 3.05) is 6.54 Å². The normalized spacial score (nSPS) is 10.8. The molecule has 2 rings (SSSR count). The van der Waals surface area contributed by atoms with Crippen molar-refractivity contribution < 1.29 is 8.81 Å². The second-order valence-corrected chi connectivity index (χ2v) is 5.22. The Kier molecular flexibility index (Phi) is 8.34. The predicted octanol–water partition coefficient (Wildman–Crippen LogP) is 3.18. The van der Waals surface area contributed by atoms with Crippen LogP contribution < -0.4 is 10.6 Å². The molecule has 0 aliphatic heterocycles. The number of oxazole rings is 1. The molecular weight excluding hydrogens is 436 g/mol. The van der Waals surface area contributed by atoms with Crippen LogP contribution in [0.1, 0.15) is 35.4 Å². The van der Waals surface area contributed by atoms with Crippen molar-refractivity contribution >= 4 is 29.9 Å². The van der Waals surface area contributed by atoms with E-state index in [0.29, 0.717) is 36.1 Å². The number of nitriles is 1. The Morgan fingerprint density at radius 3 is 2.68 bits per heavy atom. The zero-order valence-electron chi connectivity index (χ0n) is 14.4. The average molecular weight is 457 g/mol. The van der Waals surface area contributed by atoms with E-state index in [4.69, 9.17) is 9.68 Å². The van der Waals surface area contributed by atoms with E-state index in [1.165, 1.54) is 6.07 Å². The van der Waals surface area contributed by atoms with Gasteiger partial charge in [-0.25, -0.2) is 14.4 Å². The summed E-state index contributed by atoms with van der Waals surface area (Å²) in [7, 11) is 0. The number of nitrogens with zero attached hydrogens (tertiary/aromatic N) is 3. The van der Waals surface area contributed by atoms with Crippen molar-refractivity contribution in [3.63, 3.8) is 0 Å². The van der Waals surface area contributed by atoms with E-state index in [-0.39, 0.29) is 30.5 Å². The maximum absolute atomic E-state index is 13.9. The van der Waals surface area contributed by atoms with Crippen LogP contribution in [0.25, 0.3) is 0 Å². The molecule has 0 spiro atoms. The minimum atomic E-state index is -0.437. The Morgan fingerprint density at radius 1 is 1.36 bits per heavy atom. The number of benzene rings is 1. The Balaban J connectivity index is 0.00000312. The molecule has 0 fully saturated rings.